The first-order chi connectivity index (χ1) is 12.2. The van der Waals surface area contributed by atoms with E-state index in [1.54, 1.807) is 11.3 Å². The number of amides is 1. The molecule has 4 rings (SSSR count). The Kier molecular flexibility index (Phi) is 4.63. The van der Waals surface area contributed by atoms with E-state index in [1.807, 2.05) is 34.0 Å². The number of nitrogens with zero attached hydrogens (tertiary/aromatic N) is 4. The van der Waals surface area contributed by atoms with Crippen LogP contribution < -0.4 is 0 Å². The van der Waals surface area contributed by atoms with E-state index in [0.717, 1.165) is 30.0 Å². The summed E-state index contributed by atoms with van der Waals surface area (Å²) in [5.41, 5.74) is 1.54. The molecule has 3 aromatic rings. The summed E-state index contributed by atoms with van der Waals surface area (Å²) in [6.07, 6.45) is 2.76. The lowest BCUT2D eigenvalue weighted by molar-refractivity contribution is 0.0663. The quantitative estimate of drug-likeness (QED) is 0.697. The molecule has 1 aliphatic heterocycles. The summed E-state index contributed by atoms with van der Waals surface area (Å²) in [5, 5.41) is 10.8. The number of hydrogen-bond donors (Lipinski definition) is 0. The molecule has 4 heterocycles. The van der Waals surface area contributed by atoms with Crippen LogP contribution in [0.25, 0.3) is 11.4 Å². The molecule has 0 N–H and O–H groups in total. The first kappa shape index (κ1) is 16.4. The maximum atomic E-state index is 12.6. The van der Waals surface area contributed by atoms with Gasteiger partial charge in [0.2, 0.25) is 11.7 Å². The highest BCUT2D eigenvalue weighted by Crippen LogP contribution is 2.24. The van der Waals surface area contributed by atoms with Crippen LogP contribution in [0.3, 0.4) is 0 Å². The number of thiazole rings is 1. The van der Waals surface area contributed by atoms with Crippen molar-refractivity contribution in [3.63, 3.8) is 0 Å². The smallest absolute Gasteiger partial charge is 0.273 e. The second kappa shape index (κ2) is 7.05. The van der Waals surface area contributed by atoms with Crippen molar-refractivity contribution in [1.82, 2.24) is 20.0 Å². The molecule has 0 saturated carbocycles. The monoisotopic (exact) mass is 374 g/mol. The van der Waals surface area contributed by atoms with Gasteiger partial charge in [-0.05, 0) is 37.1 Å². The van der Waals surface area contributed by atoms with E-state index >= 15 is 0 Å². The Labute approximate surface area is 153 Å². The van der Waals surface area contributed by atoms with Crippen LogP contribution in [0, 0.1) is 12.8 Å². The van der Waals surface area contributed by atoms with E-state index in [4.69, 9.17) is 4.52 Å². The molecule has 1 amide bonds. The summed E-state index contributed by atoms with van der Waals surface area (Å²) in [7, 11) is 0. The fourth-order valence-electron chi connectivity index (χ4n) is 3.13. The van der Waals surface area contributed by atoms with Crippen LogP contribution in [-0.4, -0.2) is 39.0 Å². The van der Waals surface area contributed by atoms with Gasteiger partial charge in [0.25, 0.3) is 5.91 Å². The largest absolute Gasteiger partial charge is 0.339 e. The zero-order valence-electron chi connectivity index (χ0n) is 13.8. The van der Waals surface area contributed by atoms with Crippen molar-refractivity contribution in [1.29, 1.82) is 0 Å². The molecule has 25 heavy (non-hydrogen) atoms. The molecule has 0 radical (unpaired) electrons. The number of likely N-dealkylation sites (tertiary alicyclic amines) is 1. The van der Waals surface area contributed by atoms with Crippen molar-refractivity contribution in [2.75, 3.05) is 13.1 Å². The van der Waals surface area contributed by atoms with Crippen LogP contribution >= 0.6 is 22.7 Å². The number of carbonyl (C=O) groups is 1. The highest BCUT2D eigenvalue weighted by atomic mass is 32.1. The zero-order valence-corrected chi connectivity index (χ0v) is 15.5. The molecular weight excluding hydrogens is 356 g/mol. The Morgan fingerprint density at radius 1 is 1.40 bits per heavy atom. The van der Waals surface area contributed by atoms with E-state index < -0.39 is 0 Å². The van der Waals surface area contributed by atoms with E-state index in [1.165, 1.54) is 11.3 Å². The lowest BCUT2D eigenvalue weighted by atomic mass is 9.94. The normalized spacial score (nSPS) is 17.8. The van der Waals surface area contributed by atoms with Gasteiger partial charge in [0.1, 0.15) is 5.69 Å². The Balaban J connectivity index is 1.41. The third-order valence-corrected chi connectivity index (χ3v) is 5.81. The molecule has 0 unspecified atom stereocenters. The lowest BCUT2D eigenvalue weighted by Crippen LogP contribution is -2.40. The number of rotatable bonds is 4. The number of piperidine rings is 1. The lowest BCUT2D eigenvalue weighted by Gasteiger charge is -2.31. The zero-order chi connectivity index (χ0) is 17.2. The molecule has 1 fully saturated rings. The fourth-order valence-corrected chi connectivity index (χ4v) is 4.35. The van der Waals surface area contributed by atoms with E-state index in [-0.39, 0.29) is 5.91 Å². The Hall–Kier alpha value is -2.06. The van der Waals surface area contributed by atoms with Crippen molar-refractivity contribution in [3.05, 3.63) is 38.8 Å². The van der Waals surface area contributed by atoms with Gasteiger partial charge in [-0.25, -0.2) is 4.98 Å². The highest BCUT2D eigenvalue weighted by molar-refractivity contribution is 7.09. The van der Waals surface area contributed by atoms with Crippen LogP contribution in [0.4, 0.5) is 0 Å². The minimum absolute atomic E-state index is 0.0264. The third-order valence-electron chi connectivity index (χ3n) is 4.36. The molecule has 0 aliphatic carbocycles. The molecule has 0 aromatic carbocycles. The average molecular weight is 374 g/mol. The molecule has 8 heteroatoms. The molecule has 6 nitrogen and oxygen atoms in total. The maximum Gasteiger partial charge on any atom is 0.273 e. The van der Waals surface area contributed by atoms with Crippen LogP contribution in [-0.2, 0) is 6.42 Å². The summed E-state index contributed by atoms with van der Waals surface area (Å²) in [6, 6.07) is 1.98. The molecule has 1 saturated heterocycles. The molecule has 0 spiro atoms. The number of hydrogen-bond acceptors (Lipinski definition) is 7. The Morgan fingerprint density at radius 3 is 3.08 bits per heavy atom. The van der Waals surface area contributed by atoms with Crippen molar-refractivity contribution in [3.8, 4) is 11.4 Å². The minimum Gasteiger partial charge on any atom is -0.339 e. The molecule has 1 aliphatic rings. The summed E-state index contributed by atoms with van der Waals surface area (Å²) >= 11 is 3.12. The van der Waals surface area contributed by atoms with Gasteiger partial charge in [0, 0.05) is 35.8 Å². The summed E-state index contributed by atoms with van der Waals surface area (Å²) in [4.78, 5) is 23.3. The van der Waals surface area contributed by atoms with Gasteiger partial charge in [-0.1, -0.05) is 5.16 Å². The second-order valence-electron chi connectivity index (χ2n) is 6.24. The van der Waals surface area contributed by atoms with E-state index in [0.29, 0.717) is 36.3 Å². The van der Waals surface area contributed by atoms with Gasteiger partial charge >= 0.3 is 0 Å². The second-order valence-corrected chi connectivity index (χ2v) is 8.08. The van der Waals surface area contributed by atoms with Crippen molar-refractivity contribution >= 4 is 28.6 Å². The topological polar surface area (TPSA) is 72.1 Å². The van der Waals surface area contributed by atoms with Gasteiger partial charge < -0.3 is 9.42 Å². The van der Waals surface area contributed by atoms with Gasteiger partial charge in [-0.2, -0.15) is 16.3 Å². The summed E-state index contributed by atoms with van der Waals surface area (Å²) in [6.45, 7) is 3.42. The first-order valence-electron chi connectivity index (χ1n) is 8.25. The maximum absolute atomic E-state index is 12.6. The summed E-state index contributed by atoms with van der Waals surface area (Å²) < 4.78 is 5.40. The SMILES string of the molecule is Cc1nc(C(=O)N2CCC[C@@H](Cc3nc(-c4ccsc4)no3)C2)cs1. The van der Waals surface area contributed by atoms with E-state index in [9.17, 15) is 4.79 Å². The van der Waals surface area contributed by atoms with Crippen LogP contribution in [0.2, 0.25) is 0 Å². The number of thiophene rings is 1. The van der Waals surface area contributed by atoms with Crippen molar-refractivity contribution in [2.45, 2.75) is 26.2 Å². The van der Waals surface area contributed by atoms with Crippen LogP contribution in [0.5, 0.6) is 0 Å². The average Bonchev–Trinajstić information content (AvgIpc) is 3.35. The molecule has 3 aromatic heterocycles. The Morgan fingerprint density at radius 2 is 2.32 bits per heavy atom. The molecule has 130 valence electrons. The predicted molar refractivity (Wildman–Crippen MR) is 96.8 cm³/mol. The summed E-state index contributed by atoms with van der Waals surface area (Å²) in [5.74, 6) is 1.65. The first-order valence-corrected chi connectivity index (χ1v) is 10.1. The van der Waals surface area contributed by atoms with Gasteiger partial charge in [0.05, 0.1) is 5.01 Å². The minimum atomic E-state index is 0.0264. The van der Waals surface area contributed by atoms with Crippen molar-refractivity contribution < 1.29 is 9.32 Å². The number of carbonyl (C=O) groups excluding carboxylic acids is 1. The molecular formula is C17H18N4O2S2. The van der Waals surface area contributed by atoms with Gasteiger partial charge in [-0.3, -0.25) is 4.79 Å². The van der Waals surface area contributed by atoms with Gasteiger partial charge in [-0.15, -0.1) is 11.3 Å². The van der Waals surface area contributed by atoms with Gasteiger partial charge in [0.15, 0.2) is 0 Å². The molecule has 1 atom stereocenters. The molecule has 0 bridgehead atoms. The predicted octanol–water partition coefficient (Wildman–Crippen LogP) is 3.66. The highest BCUT2D eigenvalue weighted by Gasteiger charge is 2.27. The van der Waals surface area contributed by atoms with Crippen LogP contribution in [0.15, 0.2) is 26.7 Å². The van der Waals surface area contributed by atoms with Crippen LogP contribution in [0.1, 0.15) is 34.2 Å². The van der Waals surface area contributed by atoms with E-state index in [2.05, 4.69) is 15.1 Å². The number of aromatic nitrogens is 3. The number of aryl methyl sites for hydroxylation is 1. The third kappa shape index (κ3) is 3.64. The fraction of sp³-hybridized carbons (Fsp3) is 0.412. The van der Waals surface area contributed by atoms with Crippen molar-refractivity contribution in [2.24, 2.45) is 5.92 Å². The standard InChI is InChI=1S/C17H18N4O2S2/c1-11-18-14(10-25-11)17(22)21-5-2-3-12(8-21)7-15-19-16(20-23-15)13-4-6-24-9-13/h4,6,9-10,12H,2-3,5,7-8H2,1H3/t12-/m0/s1. The Bertz CT molecular complexity index is 856.